The molecule has 2 aromatic rings. The molecule has 0 aromatic heterocycles. The van der Waals surface area contributed by atoms with Crippen LogP contribution in [0.5, 0.6) is 0 Å². The fourth-order valence-electron chi connectivity index (χ4n) is 1.83. The third-order valence-corrected chi connectivity index (χ3v) is 3.24. The zero-order valence-corrected chi connectivity index (χ0v) is 11.1. The summed E-state index contributed by atoms with van der Waals surface area (Å²) in [6.45, 7) is 0.629. The monoisotopic (exact) mass is 279 g/mol. The number of halogens is 2. The van der Waals surface area contributed by atoms with Gasteiger partial charge in [0.05, 0.1) is 6.10 Å². The number of rotatable bonds is 5. The predicted octanol–water partition coefficient (Wildman–Crippen LogP) is 3.30. The molecule has 0 saturated carbocycles. The van der Waals surface area contributed by atoms with E-state index in [2.05, 4.69) is 5.32 Å². The zero-order chi connectivity index (χ0) is 13.7. The van der Waals surface area contributed by atoms with Gasteiger partial charge in [-0.15, -0.1) is 0 Å². The van der Waals surface area contributed by atoms with E-state index in [4.69, 9.17) is 11.6 Å². The summed E-state index contributed by atoms with van der Waals surface area (Å²) in [4.78, 5) is 0. The van der Waals surface area contributed by atoms with Gasteiger partial charge in [-0.2, -0.15) is 0 Å². The van der Waals surface area contributed by atoms with Crippen LogP contribution < -0.4 is 5.32 Å². The van der Waals surface area contributed by atoms with Gasteiger partial charge >= 0.3 is 0 Å². The lowest BCUT2D eigenvalue weighted by Crippen LogP contribution is -2.21. The highest BCUT2D eigenvalue weighted by Gasteiger charge is 2.09. The Morgan fingerprint density at radius 2 is 1.84 bits per heavy atom. The molecule has 2 nitrogen and oxygen atoms in total. The molecule has 0 aliphatic heterocycles. The van der Waals surface area contributed by atoms with Crippen LogP contribution in [0.2, 0.25) is 5.02 Å². The van der Waals surface area contributed by atoms with E-state index >= 15 is 0 Å². The van der Waals surface area contributed by atoms with E-state index in [1.807, 2.05) is 30.3 Å². The summed E-state index contributed by atoms with van der Waals surface area (Å²) in [5.41, 5.74) is 1.25. The number of benzene rings is 2. The quantitative estimate of drug-likeness (QED) is 0.880. The maximum Gasteiger partial charge on any atom is 0.129 e. The van der Waals surface area contributed by atoms with Crippen LogP contribution in [0.15, 0.2) is 48.5 Å². The fourth-order valence-corrected chi connectivity index (χ4v) is 2.06. The molecule has 0 aliphatic carbocycles. The zero-order valence-electron chi connectivity index (χ0n) is 10.3. The Balaban J connectivity index is 1.90. The molecule has 0 amide bonds. The van der Waals surface area contributed by atoms with Crippen LogP contribution >= 0.6 is 11.6 Å². The van der Waals surface area contributed by atoms with Gasteiger partial charge in [-0.05, 0) is 17.7 Å². The maximum absolute atomic E-state index is 13.5. The molecule has 0 bridgehead atoms. The molecule has 0 unspecified atom stereocenters. The van der Waals surface area contributed by atoms with Crippen molar-refractivity contribution in [3.8, 4) is 0 Å². The molecule has 19 heavy (non-hydrogen) atoms. The summed E-state index contributed by atoms with van der Waals surface area (Å²) in [5.74, 6) is -0.339. The number of aliphatic hydroxyl groups excluding tert-OH is 1. The van der Waals surface area contributed by atoms with Crippen molar-refractivity contribution in [2.75, 3.05) is 6.54 Å². The van der Waals surface area contributed by atoms with E-state index < -0.39 is 6.10 Å². The highest BCUT2D eigenvalue weighted by Crippen LogP contribution is 2.19. The lowest BCUT2D eigenvalue weighted by molar-refractivity contribution is 0.174. The van der Waals surface area contributed by atoms with Crippen LogP contribution in [0.3, 0.4) is 0 Å². The Hall–Kier alpha value is -1.42. The van der Waals surface area contributed by atoms with Gasteiger partial charge < -0.3 is 10.4 Å². The summed E-state index contributed by atoms with van der Waals surface area (Å²) < 4.78 is 13.5. The van der Waals surface area contributed by atoms with Crippen LogP contribution in [0.1, 0.15) is 17.2 Å². The highest BCUT2D eigenvalue weighted by molar-refractivity contribution is 6.31. The van der Waals surface area contributed by atoms with Crippen molar-refractivity contribution in [2.45, 2.75) is 12.6 Å². The smallest absolute Gasteiger partial charge is 0.129 e. The first kappa shape index (κ1) is 14.0. The molecule has 2 N–H and O–H groups in total. The first-order valence-electron chi connectivity index (χ1n) is 6.05. The molecule has 100 valence electrons. The van der Waals surface area contributed by atoms with Crippen LogP contribution in [0.4, 0.5) is 4.39 Å². The number of hydrogen-bond donors (Lipinski definition) is 2. The molecular weight excluding hydrogens is 265 g/mol. The van der Waals surface area contributed by atoms with E-state index in [1.165, 1.54) is 6.07 Å². The first-order chi connectivity index (χ1) is 9.18. The SMILES string of the molecule is O[C@@H](CNCc1c(F)cccc1Cl)c1ccccc1. The number of hydrogen-bond acceptors (Lipinski definition) is 2. The van der Waals surface area contributed by atoms with Gasteiger partial charge in [0, 0.05) is 23.7 Å². The molecule has 0 saturated heterocycles. The average molecular weight is 280 g/mol. The standard InChI is InChI=1S/C15H15ClFNO/c16-13-7-4-8-14(17)12(13)9-18-10-15(19)11-5-2-1-3-6-11/h1-8,15,18-19H,9-10H2/t15-/m0/s1. The molecule has 0 radical (unpaired) electrons. The largest absolute Gasteiger partial charge is 0.387 e. The maximum atomic E-state index is 13.5. The Bertz CT molecular complexity index is 513. The summed E-state index contributed by atoms with van der Waals surface area (Å²) in [5, 5.41) is 13.3. The van der Waals surface area contributed by atoms with E-state index in [-0.39, 0.29) is 12.4 Å². The Kier molecular flexibility index (Phi) is 4.91. The van der Waals surface area contributed by atoms with Crippen molar-refractivity contribution >= 4 is 11.6 Å². The van der Waals surface area contributed by atoms with Crippen molar-refractivity contribution in [2.24, 2.45) is 0 Å². The highest BCUT2D eigenvalue weighted by atomic mass is 35.5. The average Bonchev–Trinajstić information content (AvgIpc) is 2.43. The van der Waals surface area contributed by atoms with E-state index in [0.717, 1.165) is 5.56 Å². The molecule has 0 aliphatic rings. The van der Waals surface area contributed by atoms with Crippen molar-refractivity contribution in [3.05, 3.63) is 70.5 Å². The first-order valence-corrected chi connectivity index (χ1v) is 6.43. The molecule has 2 rings (SSSR count). The topological polar surface area (TPSA) is 32.3 Å². The molecule has 1 atom stereocenters. The van der Waals surface area contributed by atoms with Crippen LogP contribution in [-0.4, -0.2) is 11.7 Å². The van der Waals surface area contributed by atoms with Gasteiger partial charge in [0.15, 0.2) is 0 Å². The minimum Gasteiger partial charge on any atom is -0.387 e. The van der Waals surface area contributed by atoms with Gasteiger partial charge in [-0.3, -0.25) is 0 Å². The lowest BCUT2D eigenvalue weighted by Gasteiger charge is -2.13. The summed E-state index contributed by atoms with van der Waals surface area (Å²) >= 11 is 5.92. The van der Waals surface area contributed by atoms with Crippen LogP contribution in [0.25, 0.3) is 0 Å². The minimum absolute atomic E-state index is 0.287. The minimum atomic E-state index is -0.619. The van der Waals surface area contributed by atoms with Crippen molar-refractivity contribution in [3.63, 3.8) is 0 Å². The second-order valence-electron chi connectivity index (χ2n) is 4.26. The van der Waals surface area contributed by atoms with E-state index in [0.29, 0.717) is 17.1 Å². The Morgan fingerprint density at radius 3 is 2.53 bits per heavy atom. The second-order valence-corrected chi connectivity index (χ2v) is 4.66. The summed E-state index contributed by atoms with van der Waals surface area (Å²) in [6, 6.07) is 13.9. The van der Waals surface area contributed by atoms with Crippen molar-refractivity contribution in [1.29, 1.82) is 0 Å². The third kappa shape index (κ3) is 3.77. The van der Waals surface area contributed by atoms with E-state index in [9.17, 15) is 9.50 Å². The predicted molar refractivity (Wildman–Crippen MR) is 74.5 cm³/mol. The van der Waals surface area contributed by atoms with Crippen LogP contribution in [-0.2, 0) is 6.54 Å². The third-order valence-electron chi connectivity index (χ3n) is 2.89. The Morgan fingerprint density at radius 1 is 1.11 bits per heavy atom. The number of nitrogens with one attached hydrogen (secondary N) is 1. The molecule has 0 spiro atoms. The van der Waals surface area contributed by atoms with Gasteiger partial charge in [0.25, 0.3) is 0 Å². The van der Waals surface area contributed by atoms with Crippen molar-refractivity contribution < 1.29 is 9.50 Å². The van der Waals surface area contributed by atoms with Crippen LogP contribution in [0, 0.1) is 5.82 Å². The second kappa shape index (κ2) is 6.66. The Labute approximate surface area is 116 Å². The van der Waals surface area contributed by atoms with Gasteiger partial charge in [-0.1, -0.05) is 48.0 Å². The summed E-state index contributed by atoms with van der Waals surface area (Å²) in [6.07, 6.45) is -0.619. The molecule has 2 aromatic carbocycles. The summed E-state index contributed by atoms with van der Waals surface area (Å²) in [7, 11) is 0. The van der Waals surface area contributed by atoms with Gasteiger partial charge in [-0.25, -0.2) is 4.39 Å². The number of aliphatic hydroxyl groups is 1. The van der Waals surface area contributed by atoms with E-state index in [1.54, 1.807) is 12.1 Å². The molecule has 0 fully saturated rings. The fraction of sp³-hybridized carbons (Fsp3) is 0.200. The lowest BCUT2D eigenvalue weighted by atomic mass is 10.1. The molecule has 4 heteroatoms. The van der Waals surface area contributed by atoms with Crippen molar-refractivity contribution in [1.82, 2.24) is 5.32 Å². The normalized spacial score (nSPS) is 12.4. The molecule has 0 heterocycles. The van der Waals surface area contributed by atoms with Gasteiger partial charge in [0.2, 0.25) is 0 Å². The van der Waals surface area contributed by atoms with Gasteiger partial charge in [0.1, 0.15) is 5.82 Å². The molecular formula is C15H15ClFNO.